The van der Waals surface area contributed by atoms with Gasteiger partial charge in [-0.2, -0.15) is 0 Å². The van der Waals surface area contributed by atoms with Crippen molar-refractivity contribution in [2.75, 3.05) is 13.1 Å². The van der Waals surface area contributed by atoms with Gasteiger partial charge in [-0.1, -0.05) is 17.7 Å². The first-order valence-corrected chi connectivity index (χ1v) is 6.49. The molecular weight excluding hydrogens is 253 g/mol. The van der Waals surface area contributed by atoms with E-state index >= 15 is 0 Å². The predicted octanol–water partition coefficient (Wildman–Crippen LogP) is 3.11. The molecule has 3 heterocycles. The smallest absolute Gasteiger partial charge is 0.182 e. The Hall–Kier alpha value is -1.35. The Morgan fingerprint density at radius 3 is 2.67 bits per heavy atom. The highest BCUT2D eigenvalue weighted by Gasteiger charge is 2.36. The van der Waals surface area contributed by atoms with Gasteiger partial charge < -0.3 is 4.90 Å². The molecule has 0 N–H and O–H groups in total. The van der Waals surface area contributed by atoms with Crippen molar-refractivity contribution < 1.29 is 9.18 Å². The molecule has 3 aliphatic rings. The highest BCUT2D eigenvalue weighted by Crippen LogP contribution is 2.33. The number of piperidine rings is 3. The lowest BCUT2D eigenvalue weighted by Crippen LogP contribution is -2.45. The number of hydrogen-bond donors (Lipinski definition) is 0. The number of allylic oxidation sites excluding steroid dienone is 1. The van der Waals surface area contributed by atoms with E-state index in [2.05, 4.69) is 0 Å². The molecule has 2 bridgehead atoms. The molecule has 3 saturated heterocycles. The summed E-state index contributed by atoms with van der Waals surface area (Å²) in [6, 6.07) is 4.56. The van der Waals surface area contributed by atoms with Crippen LogP contribution in [-0.2, 0) is 4.79 Å². The van der Waals surface area contributed by atoms with Gasteiger partial charge in [-0.3, -0.25) is 4.79 Å². The third-order valence-corrected chi connectivity index (χ3v) is 4.07. The second-order valence-electron chi connectivity index (χ2n) is 4.79. The molecule has 0 amide bonds. The Morgan fingerprint density at radius 2 is 2.06 bits per heavy atom. The monoisotopic (exact) mass is 265 g/mol. The van der Waals surface area contributed by atoms with Gasteiger partial charge in [-0.15, -0.1) is 0 Å². The summed E-state index contributed by atoms with van der Waals surface area (Å²) < 4.78 is 13.7. The number of carbonyl (C=O) groups is 1. The van der Waals surface area contributed by atoms with Crippen LogP contribution in [-0.4, -0.2) is 23.8 Å². The van der Waals surface area contributed by atoms with Gasteiger partial charge in [-0.05, 0) is 31.1 Å². The van der Waals surface area contributed by atoms with Crippen molar-refractivity contribution in [3.63, 3.8) is 0 Å². The summed E-state index contributed by atoms with van der Waals surface area (Å²) in [6.45, 7) is 1.77. The quantitative estimate of drug-likeness (QED) is 0.727. The molecule has 18 heavy (non-hydrogen) atoms. The summed E-state index contributed by atoms with van der Waals surface area (Å²) in [5, 5.41) is 0.345. The molecule has 0 unspecified atom stereocenters. The summed E-state index contributed by atoms with van der Waals surface area (Å²) in [5.74, 6) is -0.135. The lowest BCUT2D eigenvalue weighted by atomic mass is 9.84. The van der Waals surface area contributed by atoms with E-state index in [0.717, 1.165) is 25.9 Å². The van der Waals surface area contributed by atoms with Crippen LogP contribution in [0.3, 0.4) is 0 Å². The van der Waals surface area contributed by atoms with Crippen molar-refractivity contribution in [1.82, 2.24) is 4.90 Å². The van der Waals surface area contributed by atoms with Crippen LogP contribution in [0.2, 0.25) is 5.02 Å². The van der Waals surface area contributed by atoms with Crippen molar-refractivity contribution >= 4 is 23.5 Å². The molecule has 3 fully saturated rings. The van der Waals surface area contributed by atoms with Gasteiger partial charge in [-0.25, -0.2) is 4.39 Å². The molecule has 0 spiro atoms. The molecule has 0 aliphatic carbocycles. The van der Waals surface area contributed by atoms with Crippen LogP contribution < -0.4 is 0 Å². The van der Waals surface area contributed by atoms with Crippen LogP contribution in [0.1, 0.15) is 18.4 Å². The summed E-state index contributed by atoms with van der Waals surface area (Å²) in [6.07, 6.45) is 3.44. The molecule has 2 nitrogen and oxygen atoms in total. The van der Waals surface area contributed by atoms with Gasteiger partial charge in [0.15, 0.2) is 5.78 Å². The van der Waals surface area contributed by atoms with Crippen LogP contribution in [0.15, 0.2) is 23.9 Å². The normalized spacial score (nSPS) is 22.0. The predicted molar refractivity (Wildman–Crippen MR) is 68.7 cm³/mol. The summed E-state index contributed by atoms with van der Waals surface area (Å²) in [4.78, 5) is 14.2. The lowest BCUT2D eigenvalue weighted by Gasteiger charge is -2.41. The summed E-state index contributed by atoms with van der Waals surface area (Å²) in [5.41, 5.74) is 0.930. The van der Waals surface area contributed by atoms with Crippen molar-refractivity contribution in [3.8, 4) is 0 Å². The minimum atomic E-state index is -0.384. The van der Waals surface area contributed by atoms with E-state index in [-0.39, 0.29) is 17.5 Å². The molecule has 0 saturated carbocycles. The van der Waals surface area contributed by atoms with E-state index in [1.165, 1.54) is 6.07 Å². The minimum Gasteiger partial charge on any atom is -0.369 e. The van der Waals surface area contributed by atoms with Gasteiger partial charge >= 0.3 is 0 Å². The van der Waals surface area contributed by atoms with E-state index in [1.807, 2.05) is 4.90 Å². The maximum absolute atomic E-state index is 13.7. The Kier molecular flexibility index (Phi) is 2.86. The maximum Gasteiger partial charge on any atom is 0.182 e. The van der Waals surface area contributed by atoms with Gasteiger partial charge in [0.25, 0.3) is 0 Å². The van der Waals surface area contributed by atoms with Gasteiger partial charge in [0.05, 0.1) is 10.7 Å². The third kappa shape index (κ3) is 1.83. The Bertz CT molecular complexity index is 512. The van der Waals surface area contributed by atoms with Crippen molar-refractivity contribution in [2.24, 2.45) is 5.92 Å². The molecule has 1 aromatic carbocycles. The number of Topliss-reactive ketones (excluding diaryl/α,β-unsaturated/α-hetero) is 1. The zero-order valence-corrected chi connectivity index (χ0v) is 10.6. The Balaban J connectivity index is 2.04. The zero-order valence-electron chi connectivity index (χ0n) is 9.83. The fourth-order valence-electron chi connectivity index (χ4n) is 2.70. The van der Waals surface area contributed by atoms with E-state index in [1.54, 1.807) is 18.2 Å². The van der Waals surface area contributed by atoms with Crippen LogP contribution in [0.4, 0.5) is 4.39 Å². The van der Waals surface area contributed by atoms with Crippen LogP contribution in [0.5, 0.6) is 0 Å². The fourth-order valence-corrected chi connectivity index (χ4v) is 2.91. The average molecular weight is 266 g/mol. The average Bonchev–Trinajstić information content (AvgIpc) is 2.37. The number of hydrogen-bond acceptors (Lipinski definition) is 2. The number of nitrogens with zero attached hydrogens (tertiary/aromatic N) is 1. The highest BCUT2D eigenvalue weighted by molar-refractivity contribution is 6.32. The second-order valence-corrected chi connectivity index (χ2v) is 5.20. The van der Waals surface area contributed by atoms with Crippen molar-refractivity contribution in [3.05, 3.63) is 40.3 Å². The van der Waals surface area contributed by atoms with Crippen LogP contribution in [0.25, 0.3) is 6.08 Å². The second kappa shape index (κ2) is 4.39. The largest absolute Gasteiger partial charge is 0.369 e. The first-order chi connectivity index (χ1) is 8.66. The molecule has 0 radical (unpaired) electrons. The SMILES string of the molecule is O=C1/C(=C/c2c(F)cccc2Cl)N2CCC1CC2. The lowest BCUT2D eigenvalue weighted by molar-refractivity contribution is -0.125. The van der Waals surface area contributed by atoms with Crippen molar-refractivity contribution in [1.29, 1.82) is 0 Å². The number of rotatable bonds is 1. The molecule has 94 valence electrons. The van der Waals surface area contributed by atoms with E-state index in [0.29, 0.717) is 16.3 Å². The molecule has 3 aliphatic heterocycles. The zero-order chi connectivity index (χ0) is 12.7. The number of ketones is 1. The number of carbonyl (C=O) groups excluding carboxylic acids is 1. The molecule has 0 aromatic heterocycles. The maximum atomic E-state index is 13.7. The Morgan fingerprint density at radius 1 is 1.33 bits per heavy atom. The number of halogens is 2. The third-order valence-electron chi connectivity index (χ3n) is 3.74. The molecule has 4 heteroatoms. The summed E-state index contributed by atoms with van der Waals surface area (Å²) >= 11 is 5.98. The van der Waals surface area contributed by atoms with Crippen molar-refractivity contribution in [2.45, 2.75) is 12.8 Å². The number of benzene rings is 1. The van der Waals surface area contributed by atoms with Gasteiger partial charge in [0.1, 0.15) is 5.82 Å². The molecular formula is C14H13ClFNO. The molecule has 0 atom stereocenters. The number of fused-ring (bicyclic) bond motifs is 3. The van der Waals surface area contributed by atoms with E-state index in [4.69, 9.17) is 11.6 Å². The van der Waals surface area contributed by atoms with E-state index in [9.17, 15) is 9.18 Å². The fraction of sp³-hybridized carbons (Fsp3) is 0.357. The van der Waals surface area contributed by atoms with Gasteiger partial charge in [0.2, 0.25) is 0 Å². The van der Waals surface area contributed by atoms with E-state index < -0.39 is 0 Å². The van der Waals surface area contributed by atoms with Crippen LogP contribution >= 0.6 is 11.6 Å². The Labute approximate surface area is 110 Å². The first-order valence-electron chi connectivity index (χ1n) is 6.11. The topological polar surface area (TPSA) is 20.3 Å². The minimum absolute atomic E-state index is 0.117. The first kappa shape index (κ1) is 11.7. The molecule has 1 aromatic rings. The van der Waals surface area contributed by atoms with Crippen LogP contribution in [0, 0.1) is 11.7 Å². The highest BCUT2D eigenvalue weighted by atomic mass is 35.5. The van der Waals surface area contributed by atoms with Gasteiger partial charge in [0, 0.05) is 24.6 Å². The standard InChI is InChI=1S/C14H13ClFNO/c15-11-2-1-3-12(16)10(11)8-13-14(18)9-4-6-17(13)7-5-9/h1-3,8-9H,4-7H2/b13-8-. The molecule has 4 rings (SSSR count). The summed E-state index contributed by atoms with van der Waals surface area (Å²) in [7, 11) is 0.